The highest BCUT2D eigenvalue weighted by molar-refractivity contribution is 6.32. The lowest BCUT2D eigenvalue weighted by molar-refractivity contribution is -0.385. The van der Waals surface area contributed by atoms with Crippen LogP contribution >= 0.6 is 23.2 Å². The Labute approximate surface area is 119 Å². The molecule has 0 aliphatic carbocycles. The molecule has 6 heteroatoms. The van der Waals surface area contributed by atoms with E-state index in [9.17, 15) is 10.1 Å². The molecule has 0 spiro atoms. The van der Waals surface area contributed by atoms with Crippen LogP contribution in [0.5, 0.6) is 11.5 Å². The number of hydrogen-bond acceptors (Lipinski definition) is 3. The quantitative estimate of drug-likeness (QED) is 0.463. The minimum absolute atomic E-state index is 0.108. The predicted octanol–water partition coefficient (Wildman–Crippen LogP) is 4.78. The maximum absolute atomic E-state index is 10.9. The fraction of sp³-hybridized carbons (Fsp3) is 0.0769. The molecule has 0 saturated carbocycles. The third-order valence-corrected chi connectivity index (χ3v) is 3.11. The molecule has 2 rings (SSSR count). The Morgan fingerprint density at radius 3 is 2.47 bits per heavy atom. The lowest BCUT2D eigenvalue weighted by Gasteiger charge is -2.10. The summed E-state index contributed by atoms with van der Waals surface area (Å²) in [5.74, 6) is 0.730. The number of ether oxygens (including phenoxy) is 1. The van der Waals surface area contributed by atoms with E-state index in [0.29, 0.717) is 16.3 Å². The molecule has 2 aromatic rings. The van der Waals surface area contributed by atoms with Crippen LogP contribution < -0.4 is 4.74 Å². The van der Waals surface area contributed by atoms with Crippen LogP contribution in [0.15, 0.2) is 42.5 Å². The molecule has 0 N–H and O–H groups in total. The number of nitrogens with zero attached hydrogens (tertiary/aromatic N) is 1. The Bertz CT molecular complexity index is 617. The number of alkyl halides is 1. The van der Waals surface area contributed by atoms with Gasteiger partial charge in [-0.1, -0.05) is 29.8 Å². The van der Waals surface area contributed by atoms with Crippen LogP contribution in [0.25, 0.3) is 0 Å². The molecule has 0 atom stereocenters. The molecule has 2 aromatic carbocycles. The Balaban J connectivity index is 2.42. The van der Waals surface area contributed by atoms with E-state index in [-0.39, 0.29) is 17.3 Å². The minimum atomic E-state index is -0.500. The molecule has 0 aromatic heterocycles. The van der Waals surface area contributed by atoms with Gasteiger partial charge in [-0.25, -0.2) is 0 Å². The van der Waals surface area contributed by atoms with Crippen molar-refractivity contribution >= 4 is 28.9 Å². The molecule has 0 heterocycles. The lowest BCUT2D eigenvalue weighted by Crippen LogP contribution is -1.95. The van der Waals surface area contributed by atoms with E-state index >= 15 is 0 Å². The summed E-state index contributed by atoms with van der Waals surface area (Å²) in [6.07, 6.45) is 0. The van der Waals surface area contributed by atoms with Gasteiger partial charge in [0.1, 0.15) is 5.75 Å². The Kier molecular flexibility index (Phi) is 4.24. The normalized spacial score (nSPS) is 10.2. The molecule has 19 heavy (non-hydrogen) atoms. The minimum Gasteiger partial charge on any atom is -0.450 e. The van der Waals surface area contributed by atoms with Crippen molar-refractivity contribution in [1.29, 1.82) is 0 Å². The van der Waals surface area contributed by atoms with Gasteiger partial charge in [-0.05, 0) is 18.2 Å². The van der Waals surface area contributed by atoms with Gasteiger partial charge < -0.3 is 4.74 Å². The largest absolute Gasteiger partial charge is 0.450 e. The summed E-state index contributed by atoms with van der Waals surface area (Å²) >= 11 is 11.8. The summed E-state index contributed by atoms with van der Waals surface area (Å²) in [4.78, 5) is 10.4. The van der Waals surface area contributed by atoms with E-state index < -0.39 is 4.92 Å². The topological polar surface area (TPSA) is 52.4 Å². The van der Waals surface area contributed by atoms with Crippen LogP contribution in [0.4, 0.5) is 5.69 Å². The van der Waals surface area contributed by atoms with Gasteiger partial charge in [-0.2, -0.15) is 0 Å². The molecule has 4 nitrogen and oxygen atoms in total. The number of para-hydroxylation sites is 2. The second-order valence-electron chi connectivity index (χ2n) is 3.68. The summed E-state index contributed by atoms with van der Waals surface area (Å²) in [5, 5.41) is 11.4. The lowest BCUT2D eigenvalue weighted by atomic mass is 10.2. The molecule has 98 valence electrons. The molecule has 0 fully saturated rings. The van der Waals surface area contributed by atoms with Crippen molar-refractivity contribution in [2.45, 2.75) is 5.88 Å². The van der Waals surface area contributed by atoms with Crippen LogP contribution in [0.3, 0.4) is 0 Å². The van der Waals surface area contributed by atoms with E-state index in [1.165, 1.54) is 12.1 Å². The molecule has 0 aliphatic heterocycles. The smallest absolute Gasteiger partial charge is 0.311 e. The fourth-order valence-electron chi connectivity index (χ4n) is 1.58. The van der Waals surface area contributed by atoms with E-state index in [2.05, 4.69) is 0 Å². The van der Waals surface area contributed by atoms with Gasteiger partial charge in [0.2, 0.25) is 5.75 Å². The highest BCUT2D eigenvalue weighted by Gasteiger charge is 2.16. The van der Waals surface area contributed by atoms with Crippen LogP contribution in [-0.4, -0.2) is 4.92 Å². The van der Waals surface area contributed by atoms with Crippen molar-refractivity contribution in [3.05, 3.63) is 63.2 Å². The third kappa shape index (κ3) is 2.97. The van der Waals surface area contributed by atoms with Gasteiger partial charge >= 0.3 is 5.69 Å². The summed E-state index contributed by atoms with van der Waals surface area (Å²) in [7, 11) is 0. The first-order valence-corrected chi connectivity index (χ1v) is 6.29. The highest BCUT2D eigenvalue weighted by Crippen LogP contribution is 2.35. The first-order valence-electron chi connectivity index (χ1n) is 5.38. The van der Waals surface area contributed by atoms with Crippen LogP contribution in [0.1, 0.15) is 5.56 Å². The van der Waals surface area contributed by atoms with E-state index in [4.69, 9.17) is 27.9 Å². The SMILES string of the molecule is O=[N+]([O-])c1ccccc1Oc1cccc(Cl)c1CCl. The van der Waals surface area contributed by atoms with Crippen molar-refractivity contribution in [3.8, 4) is 11.5 Å². The zero-order chi connectivity index (χ0) is 13.8. The summed E-state index contributed by atoms with van der Waals surface area (Å²) in [6, 6.07) is 11.2. The predicted molar refractivity (Wildman–Crippen MR) is 74.2 cm³/mol. The van der Waals surface area contributed by atoms with E-state index in [0.717, 1.165) is 0 Å². The summed E-state index contributed by atoms with van der Waals surface area (Å²) in [6.45, 7) is 0. The van der Waals surface area contributed by atoms with Gasteiger partial charge in [0.15, 0.2) is 0 Å². The first-order chi connectivity index (χ1) is 9.13. The third-order valence-electron chi connectivity index (χ3n) is 2.49. The average Bonchev–Trinajstić information content (AvgIpc) is 2.39. The molecule has 0 aliphatic rings. The standard InChI is InChI=1S/C13H9Cl2NO3/c14-8-9-10(15)4-3-7-12(9)19-13-6-2-1-5-11(13)16(17)18/h1-7H,8H2. The van der Waals surface area contributed by atoms with E-state index in [1.54, 1.807) is 30.3 Å². The van der Waals surface area contributed by atoms with Gasteiger partial charge in [0, 0.05) is 16.7 Å². The molecule has 0 radical (unpaired) electrons. The Morgan fingerprint density at radius 1 is 1.11 bits per heavy atom. The fourth-order valence-corrected chi connectivity index (χ4v) is 2.15. The van der Waals surface area contributed by atoms with Crippen molar-refractivity contribution in [2.24, 2.45) is 0 Å². The molecule has 0 saturated heterocycles. The maximum Gasteiger partial charge on any atom is 0.311 e. The van der Waals surface area contributed by atoms with E-state index in [1.807, 2.05) is 0 Å². The van der Waals surface area contributed by atoms with Crippen LogP contribution in [0.2, 0.25) is 5.02 Å². The monoisotopic (exact) mass is 297 g/mol. The second-order valence-corrected chi connectivity index (χ2v) is 4.35. The van der Waals surface area contributed by atoms with Gasteiger partial charge in [0.05, 0.1) is 10.8 Å². The molecular weight excluding hydrogens is 289 g/mol. The average molecular weight is 298 g/mol. The number of nitro benzene ring substituents is 1. The van der Waals surface area contributed by atoms with Crippen LogP contribution in [0, 0.1) is 10.1 Å². The molecule has 0 bridgehead atoms. The summed E-state index contributed by atoms with van der Waals surface area (Å²) in [5.41, 5.74) is 0.493. The van der Waals surface area contributed by atoms with Crippen LogP contribution in [-0.2, 0) is 5.88 Å². The number of hydrogen-bond donors (Lipinski definition) is 0. The Morgan fingerprint density at radius 2 is 1.79 bits per heavy atom. The summed E-state index contributed by atoms with van der Waals surface area (Å²) < 4.78 is 5.56. The zero-order valence-electron chi connectivity index (χ0n) is 9.68. The van der Waals surface area contributed by atoms with Crippen molar-refractivity contribution < 1.29 is 9.66 Å². The zero-order valence-corrected chi connectivity index (χ0v) is 11.2. The number of rotatable bonds is 4. The molecule has 0 amide bonds. The Hall–Kier alpha value is -1.78. The molecular formula is C13H9Cl2NO3. The van der Waals surface area contributed by atoms with Gasteiger partial charge in [0.25, 0.3) is 0 Å². The number of halogens is 2. The first kappa shape index (κ1) is 13.6. The van der Waals surface area contributed by atoms with Crippen molar-refractivity contribution in [3.63, 3.8) is 0 Å². The molecule has 0 unspecified atom stereocenters. The second kappa shape index (κ2) is 5.91. The number of nitro groups is 1. The highest BCUT2D eigenvalue weighted by atomic mass is 35.5. The van der Waals surface area contributed by atoms with Crippen molar-refractivity contribution in [1.82, 2.24) is 0 Å². The van der Waals surface area contributed by atoms with Gasteiger partial charge in [-0.15, -0.1) is 11.6 Å². The number of benzene rings is 2. The van der Waals surface area contributed by atoms with Gasteiger partial charge in [-0.3, -0.25) is 10.1 Å². The van der Waals surface area contributed by atoms with Crippen molar-refractivity contribution in [2.75, 3.05) is 0 Å². The maximum atomic E-state index is 10.9.